The highest BCUT2D eigenvalue weighted by Gasteiger charge is 2.05. The average Bonchev–Trinajstić information content (AvgIpc) is 2.33. The van der Waals surface area contributed by atoms with Crippen LogP contribution in [0, 0.1) is 0 Å². The molecule has 3 nitrogen and oxygen atoms in total. The third-order valence-corrected chi connectivity index (χ3v) is 2.58. The van der Waals surface area contributed by atoms with Gasteiger partial charge in [0, 0.05) is 18.0 Å². The van der Waals surface area contributed by atoms with Gasteiger partial charge in [-0.3, -0.25) is 0 Å². The number of thiazole rings is 1. The number of nitrogens with one attached hydrogen (secondary N) is 1. The maximum Gasteiger partial charge on any atom is 0.184 e. The molecular weight excluding hydrogens is 206 g/mol. The summed E-state index contributed by atoms with van der Waals surface area (Å²) in [6.45, 7) is 3.10. The molecule has 0 aromatic carbocycles. The third kappa shape index (κ3) is 3.93. The minimum atomic E-state index is 0.386. The number of aromatic nitrogens is 1. The van der Waals surface area contributed by atoms with E-state index in [9.17, 15) is 0 Å². The molecule has 1 atom stereocenters. The summed E-state index contributed by atoms with van der Waals surface area (Å²) in [6, 6.07) is 0.386. The molecule has 1 heterocycles. The lowest BCUT2D eigenvalue weighted by Crippen LogP contribution is -2.29. The van der Waals surface area contributed by atoms with Gasteiger partial charge in [-0.2, -0.15) is 0 Å². The summed E-state index contributed by atoms with van der Waals surface area (Å²) in [6.07, 6.45) is 0. The van der Waals surface area contributed by atoms with Gasteiger partial charge in [-0.1, -0.05) is 11.6 Å². The van der Waals surface area contributed by atoms with Crippen LogP contribution < -0.4 is 5.32 Å². The van der Waals surface area contributed by atoms with Crippen molar-refractivity contribution in [1.82, 2.24) is 9.88 Å². The molecule has 13 heavy (non-hydrogen) atoms. The number of nitrogens with zero attached hydrogens (tertiary/aromatic N) is 2. The highest BCUT2D eigenvalue weighted by atomic mass is 35.5. The smallest absolute Gasteiger partial charge is 0.184 e. The fourth-order valence-corrected chi connectivity index (χ4v) is 2.07. The van der Waals surface area contributed by atoms with E-state index in [0.717, 1.165) is 11.7 Å². The minimum absolute atomic E-state index is 0.386. The molecule has 1 aromatic rings. The van der Waals surface area contributed by atoms with Crippen LogP contribution in [0.25, 0.3) is 0 Å². The van der Waals surface area contributed by atoms with Crippen LogP contribution in [0.4, 0.5) is 5.13 Å². The van der Waals surface area contributed by atoms with Crippen molar-refractivity contribution in [3.05, 3.63) is 10.5 Å². The van der Waals surface area contributed by atoms with Crippen molar-refractivity contribution in [3.63, 3.8) is 0 Å². The van der Waals surface area contributed by atoms with E-state index in [1.165, 1.54) is 11.3 Å². The molecule has 74 valence electrons. The van der Waals surface area contributed by atoms with Crippen molar-refractivity contribution < 1.29 is 0 Å². The van der Waals surface area contributed by atoms with E-state index in [4.69, 9.17) is 11.6 Å². The zero-order chi connectivity index (χ0) is 9.84. The normalized spacial score (nSPS) is 13.3. The first-order valence-electron chi connectivity index (χ1n) is 4.10. The monoisotopic (exact) mass is 219 g/mol. The summed E-state index contributed by atoms with van der Waals surface area (Å²) < 4.78 is 0. The van der Waals surface area contributed by atoms with Crippen LogP contribution in [-0.2, 0) is 0 Å². The molecule has 0 bridgehead atoms. The summed E-state index contributed by atoms with van der Waals surface area (Å²) in [5, 5.41) is 6.55. The van der Waals surface area contributed by atoms with Gasteiger partial charge in [0.1, 0.15) is 5.15 Å². The predicted molar refractivity (Wildman–Crippen MR) is 58.8 cm³/mol. The molecule has 1 unspecified atom stereocenters. The lowest BCUT2D eigenvalue weighted by molar-refractivity contribution is 0.392. The summed E-state index contributed by atoms with van der Waals surface area (Å²) in [7, 11) is 4.10. The van der Waals surface area contributed by atoms with E-state index in [-0.39, 0.29) is 0 Å². The SMILES string of the molecule is CC(CN(C)C)Nc1nc(Cl)cs1. The Morgan fingerprint density at radius 1 is 1.69 bits per heavy atom. The van der Waals surface area contributed by atoms with E-state index in [1.54, 1.807) is 0 Å². The van der Waals surface area contributed by atoms with Crippen LogP contribution in [0.1, 0.15) is 6.92 Å². The van der Waals surface area contributed by atoms with E-state index < -0.39 is 0 Å². The lowest BCUT2D eigenvalue weighted by Gasteiger charge is -2.17. The number of halogens is 1. The molecule has 1 N–H and O–H groups in total. The summed E-state index contributed by atoms with van der Waals surface area (Å²) in [4.78, 5) is 6.24. The topological polar surface area (TPSA) is 28.2 Å². The Balaban J connectivity index is 2.40. The van der Waals surface area contributed by atoms with Crippen molar-refractivity contribution in [2.45, 2.75) is 13.0 Å². The van der Waals surface area contributed by atoms with Crippen LogP contribution >= 0.6 is 22.9 Å². The molecule has 0 spiro atoms. The quantitative estimate of drug-likeness (QED) is 0.842. The van der Waals surface area contributed by atoms with E-state index in [0.29, 0.717) is 11.2 Å². The minimum Gasteiger partial charge on any atom is -0.358 e. The third-order valence-electron chi connectivity index (χ3n) is 1.49. The molecule has 0 aliphatic rings. The highest BCUT2D eigenvalue weighted by molar-refractivity contribution is 7.14. The molecule has 0 saturated carbocycles. The fourth-order valence-electron chi connectivity index (χ4n) is 1.12. The van der Waals surface area contributed by atoms with Crippen LogP contribution in [0.3, 0.4) is 0 Å². The number of hydrogen-bond donors (Lipinski definition) is 1. The lowest BCUT2D eigenvalue weighted by atomic mass is 10.3. The molecule has 0 radical (unpaired) electrons. The van der Waals surface area contributed by atoms with Gasteiger partial charge in [0.2, 0.25) is 0 Å². The number of likely N-dealkylation sites (N-methyl/N-ethyl adjacent to an activating group) is 1. The van der Waals surface area contributed by atoms with Gasteiger partial charge in [-0.25, -0.2) is 4.98 Å². The van der Waals surface area contributed by atoms with Gasteiger partial charge < -0.3 is 10.2 Å². The average molecular weight is 220 g/mol. The zero-order valence-corrected chi connectivity index (χ0v) is 9.61. The molecule has 5 heteroatoms. The molecular formula is C8H14ClN3S. The Labute approximate surface area is 87.7 Å². The summed E-state index contributed by atoms with van der Waals surface area (Å²) in [5.74, 6) is 0. The van der Waals surface area contributed by atoms with E-state index in [2.05, 4.69) is 22.1 Å². The number of hydrogen-bond acceptors (Lipinski definition) is 4. The number of anilines is 1. The zero-order valence-electron chi connectivity index (χ0n) is 8.04. The first kappa shape index (κ1) is 10.8. The molecule has 0 aliphatic carbocycles. The Morgan fingerprint density at radius 2 is 2.38 bits per heavy atom. The van der Waals surface area contributed by atoms with Gasteiger partial charge in [-0.15, -0.1) is 11.3 Å². The molecule has 0 amide bonds. The van der Waals surface area contributed by atoms with E-state index in [1.807, 2.05) is 19.5 Å². The Bertz CT molecular complexity index is 262. The Hall–Kier alpha value is -0.320. The van der Waals surface area contributed by atoms with Gasteiger partial charge in [0.15, 0.2) is 5.13 Å². The van der Waals surface area contributed by atoms with Crippen molar-refractivity contribution in [3.8, 4) is 0 Å². The van der Waals surface area contributed by atoms with Crippen molar-refractivity contribution >= 4 is 28.1 Å². The molecule has 0 aliphatic heterocycles. The summed E-state index contributed by atoms with van der Waals surface area (Å²) in [5.41, 5.74) is 0. The predicted octanol–water partition coefficient (Wildman–Crippen LogP) is 2.16. The first-order chi connectivity index (χ1) is 6.08. The Morgan fingerprint density at radius 3 is 2.85 bits per heavy atom. The van der Waals surface area contributed by atoms with Crippen LogP contribution in [0.15, 0.2) is 5.38 Å². The second-order valence-corrected chi connectivity index (χ2v) is 4.53. The fraction of sp³-hybridized carbons (Fsp3) is 0.625. The first-order valence-corrected chi connectivity index (χ1v) is 5.36. The largest absolute Gasteiger partial charge is 0.358 e. The highest BCUT2D eigenvalue weighted by Crippen LogP contribution is 2.19. The maximum atomic E-state index is 5.70. The van der Waals surface area contributed by atoms with Gasteiger partial charge in [-0.05, 0) is 21.0 Å². The molecule has 0 saturated heterocycles. The number of rotatable bonds is 4. The Kier molecular flexibility index (Phi) is 3.96. The van der Waals surface area contributed by atoms with Crippen molar-refractivity contribution in [1.29, 1.82) is 0 Å². The molecule has 1 aromatic heterocycles. The van der Waals surface area contributed by atoms with E-state index >= 15 is 0 Å². The van der Waals surface area contributed by atoms with Crippen molar-refractivity contribution in [2.75, 3.05) is 26.0 Å². The van der Waals surface area contributed by atoms with Crippen LogP contribution in [-0.4, -0.2) is 36.6 Å². The van der Waals surface area contributed by atoms with Gasteiger partial charge in [0.25, 0.3) is 0 Å². The second-order valence-electron chi connectivity index (χ2n) is 3.28. The second kappa shape index (κ2) is 4.79. The van der Waals surface area contributed by atoms with Crippen LogP contribution in [0.5, 0.6) is 0 Å². The standard InChI is InChI=1S/C8H14ClN3S/c1-6(4-12(2)3)10-8-11-7(9)5-13-8/h5-6H,4H2,1-3H3,(H,10,11). The van der Waals surface area contributed by atoms with Gasteiger partial charge in [0.05, 0.1) is 0 Å². The summed E-state index contributed by atoms with van der Waals surface area (Å²) >= 11 is 7.23. The molecule has 0 fully saturated rings. The van der Waals surface area contributed by atoms with Gasteiger partial charge >= 0.3 is 0 Å². The molecule has 1 rings (SSSR count). The van der Waals surface area contributed by atoms with Crippen molar-refractivity contribution in [2.24, 2.45) is 0 Å². The maximum absolute atomic E-state index is 5.70. The van der Waals surface area contributed by atoms with Crippen LogP contribution in [0.2, 0.25) is 5.15 Å².